The molecule has 21 heavy (non-hydrogen) atoms. The van der Waals surface area contributed by atoms with Crippen molar-refractivity contribution in [3.05, 3.63) is 40.6 Å². The summed E-state index contributed by atoms with van der Waals surface area (Å²) in [5.41, 5.74) is 1.67. The van der Waals surface area contributed by atoms with Gasteiger partial charge in [-0.3, -0.25) is 0 Å². The van der Waals surface area contributed by atoms with Crippen molar-refractivity contribution in [3.63, 3.8) is 0 Å². The molecule has 8 heteroatoms. The van der Waals surface area contributed by atoms with Crippen molar-refractivity contribution in [1.29, 1.82) is 0 Å². The maximum Gasteiger partial charge on any atom is 0.326 e. The van der Waals surface area contributed by atoms with Crippen molar-refractivity contribution < 1.29 is 14.7 Å². The van der Waals surface area contributed by atoms with Gasteiger partial charge in [0.2, 0.25) is 0 Å². The molecular formula is C13H16N4O3S. The summed E-state index contributed by atoms with van der Waals surface area (Å²) in [6, 6.07) is 0.504. The molecule has 112 valence electrons. The number of amides is 2. The molecule has 0 saturated heterocycles. The minimum absolute atomic E-state index is 0.160. The Labute approximate surface area is 125 Å². The first-order valence-electron chi connectivity index (χ1n) is 6.29. The minimum Gasteiger partial charge on any atom is -0.480 e. The number of carboxylic acids is 1. The van der Waals surface area contributed by atoms with Crippen molar-refractivity contribution in [1.82, 2.24) is 20.2 Å². The number of carboxylic acid groups (broad SMARTS) is 1. The van der Waals surface area contributed by atoms with E-state index in [4.69, 9.17) is 0 Å². The monoisotopic (exact) mass is 308 g/mol. The van der Waals surface area contributed by atoms with Crippen LogP contribution in [0.2, 0.25) is 0 Å². The summed E-state index contributed by atoms with van der Waals surface area (Å²) in [4.78, 5) is 31.4. The third-order valence-corrected chi connectivity index (χ3v) is 3.65. The van der Waals surface area contributed by atoms with Gasteiger partial charge >= 0.3 is 12.0 Å². The molecule has 0 radical (unpaired) electrons. The molecule has 2 heterocycles. The fourth-order valence-electron chi connectivity index (χ4n) is 1.80. The molecule has 7 nitrogen and oxygen atoms in total. The quantitative estimate of drug-likeness (QED) is 0.749. The van der Waals surface area contributed by atoms with E-state index in [0.717, 1.165) is 5.56 Å². The lowest BCUT2D eigenvalue weighted by Crippen LogP contribution is -2.47. The third kappa shape index (κ3) is 4.32. The summed E-state index contributed by atoms with van der Waals surface area (Å²) in [5.74, 6) is -1.08. The summed E-state index contributed by atoms with van der Waals surface area (Å²) in [6.45, 7) is 0.436. The number of nitrogens with zero attached hydrogens (tertiary/aromatic N) is 2. The molecule has 2 amide bonds. The molecule has 0 aliphatic heterocycles. The maximum atomic E-state index is 12.0. The number of aromatic nitrogens is 2. The normalized spacial score (nSPS) is 11.9. The number of aliphatic carboxylic acids is 1. The van der Waals surface area contributed by atoms with Crippen LogP contribution in [-0.2, 0) is 17.8 Å². The third-order valence-electron chi connectivity index (χ3n) is 2.92. The zero-order valence-corrected chi connectivity index (χ0v) is 12.3. The molecule has 0 aliphatic carbocycles. The van der Waals surface area contributed by atoms with E-state index < -0.39 is 18.0 Å². The molecule has 2 aromatic heterocycles. The van der Waals surface area contributed by atoms with Crippen LogP contribution in [0.5, 0.6) is 0 Å². The van der Waals surface area contributed by atoms with E-state index in [0.29, 0.717) is 12.2 Å². The number of carbonyl (C=O) groups excluding carboxylic acids is 1. The zero-order valence-electron chi connectivity index (χ0n) is 11.4. The van der Waals surface area contributed by atoms with Crippen molar-refractivity contribution in [3.8, 4) is 0 Å². The van der Waals surface area contributed by atoms with Crippen LogP contribution in [-0.4, -0.2) is 45.1 Å². The zero-order chi connectivity index (χ0) is 15.2. The number of aromatic amines is 1. The number of rotatable bonds is 6. The van der Waals surface area contributed by atoms with Gasteiger partial charge in [0.1, 0.15) is 6.04 Å². The first-order valence-corrected chi connectivity index (χ1v) is 7.23. The fraction of sp³-hybridized carbons (Fsp3) is 0.308. The van der Waals surface area contributed by atoms with Gasteiger partial charge < -0.3 is 20.3 Å². The van der Waals surface area contributed by atoms with Gasteiger partial charge in [-0.15, -0.1) is 0 Å². The van der Waals surface area contributed by atoms with E-state index in [2.05, 4.69) is 15.3 Å². The Morgan fingerprint density at radius 3 is 2.95 bits per heavy atom. The van der Waals surface area contributed by atoms with Gasteiger partial charge in [0.05, 0.1) is 6.33 Å². The largest absolute Gasteiger partial charge is 0.480 e. The van der Waals surface area contributed by atoms with Gasteiger partial charge in [-0.25, -0.2) is 14.6 Å². The Balaban J connectivity index is 1.92. The van der Waals surface area contributed by atoms with Gasteiger partial charge in [-0.2, -0.15) is 11.3 Å². The number of nitrogens with one attached hydrogen (secondary N) is 2. The molecule has 1 atom stereocenters. The van der Waals surface area contributed by atoms with E-state index >= 15 is 0 Å². The van der Waals surface area contributed by atoms with E-state index in [-0.39, 0.29) is 6.42 Å². The molecule has 2 aromatic rings. The predicted molar refractivity (Wildman–Crippen MR) is 78.0 cm³/mol. The topological polar surface area (TPSA) is 98.3 Å². The molecule has 0 aromatic carbocycles. The second-order valence-electron chi connectivity index (χ2n) is 4.61. The highest BCUT2D eigenvalue weighted by Crippen LogP contribution is 2.08. The smallest absolute Gasteiger partial charge is 0.326 e. The lowest BCUT2D eigenvalue weighted by Gasteiger charge is -2.20. The number of hydrogen-bond donors (Lipinski definition) is 3. The molecule has 0 saturated carbocycles. The van der Waals surface area contributed by atoms with Crippen LogP contribution in [0, 0.1) is 0 Å². The molecule has 0 bridgehead atoms. The van der Waals surface area contributed by atoms with Gasteiger partial charge in [-0.1, -0.05) is 0 Å². The van der Waals surface area contributed by atoms with E-state index in [1.807, 2.05) is 16.8 Å². The van der Waals surface area contributed by atoms with Gasteiger partial charge in [0, 0.05) is 31.9 Å². The number of hydrogen-bond acceptors (Lipinski definition) is 4. The number of carbonyl (C=O) groups is 2. The van der Waals surface area contributed by atoms with Crippen molar-refractivity contribution in [2.75, 3.05) is 7.05 Å². The Kier molecular flexibility index (Phi) is 4.94. The minimum atomic E-state index is -1.08. The number of H-pyrrole nitrogens is 1. The lowest BCUT2D eigenvalue weighted by molar-refractivity contribution is -0.139. The SMILES string of the molecule is CN(Cc1ccsc1)C(=O)N[C@H](Cc1cnc[nH]1)C(=O)O. The van der Waals surface area contributed by atoms with Gasteiger partial charge in [-0.05, 0) is 22.4 Å². The predicted octanol–water partition coefficient (Wildman–Crippen LogP) is 1.31. The van der Waals surface area contributed by atoms with Crippen LogP contribution in [0.15, 0.2) is 29.4 Å². The Morgan fingerprint density at radius 1 is 1.57 bits per heavy atom. The van der Waals surface area contributed by atoms with Crippen LogP contribution in [0.25, 0.3) is 0 Å². The first-order chi connectivity index (χ1) is 10.1. The van der Waals surface area contributed by atoms with Crippen LogP contribution in [0.4, 0.5) is 4.79 Å². The highest BCUT2D eigenvalue weighted by Gasteiger charge is 2.22. The van der Waals surface area contributed by atoms with Crippen LogP contribution >= 0.6 is 11.3 Å². The maximum absolute atomic E-state index is 12.0. The molecule has 0 unspecified atom stereocenters. The van der Waals surface area contributed by atoms with Crippen molar-refractivity contribution in [2.45, 2.75) is 19.0 Å². The van der Waals surface area contributed by atoms with Crippen LogP contribution in [0.3, 0.4) is 0 Å². The van der Waals surface area contributed by atoms with E-state index in [1.54, 1.807) is 18.4 Å². The Hall–Kier alpha value is -2.35. The highest BCUT2D eigenvalue weighted by molar-refractivity contribution is 7.07. The average molecular weight is 308 g/mol. The second kappa shape index (κ2) is 6.89. The lowest BCUT2D eigenvalue weighted by atomic mass is 10.1. The van der Waals surface area contributed by atoms with Gasteiger partial charge in [0.25, 0.3) is 0 Å². The number of urea groups is 1. The van der Waals surface area contributed by atoms with Gasteiger partial charge in [0.15, 0.2) is 0 Å². The second-order valence-corrected chi connectivity index (χ2v) is 5.39. The molecule has 3 N–H and O–H groups in total. The molecular weight excluding hydrogens is 292 g/mol. The highest BCUT2D eigenvalue weighted by atomic mass is 32.1. The summed E-state index contributed by atoms with van der Waals surface area (Å²) < 4.78 is 0. The van der Waals surface area contributed by atoms with Crippen molar-refractivity contribution >= 4 is 23.3 Å². The molecule has 0 aliphatic rings. The average Bonchev–Trinajstić information content (AvgIpc) is 3.10. The standard InChI is InChI=1S/C13H16N4O3S/c1-17(6-9-2-3-21-7-9)13(20)16-11(12(18)19)4-10-5-14-8-15-10/h2-3,5,7-8,11H,4,6H2,1H3,(H,14,15)(H,16,20)(H,18,19)/t11-/m1/s1. The molecule has 0 fully saturated rings. The summed E-state index contributed by atoms with van der Waals surface area (Å²) in [5, 5.41) is 15.6. The summed E-state index contributed by atoms with van der Waals surface area (Å²) in [6.07, 6.45) is 3.17. The van der Waals surface area contributed by atoms with Crippen molar-refractivity contribution in [2.24, 2.45) is 0 Å². The Morgan fingerprint density at radius 2 is 2.38 bits per heavy atom. The van der Waals surface area contributed by atoms with Crippen LogP contribution in [0.1, 0.15) is 11.3 Å². The summed E-state index contributed by atoms with van der Waals surface area (Å²) >= 11 is 1.55. The molecule has 2 rings (SSSR count). The van der Waals surface area contributed by atoms with E-state index in [1.165, 1.54) is 17.4 Å². The fourth-order valence-corrected chi connectivity index (χ4v) is 2.46. The number of thiophene rings is 1. The van der Waals surface area contributed by atoms with E-state index in [9.17, 15) is 14.7 Å². The first kappa shape index (κ1) is 15.0. The number of imidazole rings is 1. The van der Waals surface area contributed by atoms with Crippen LogP contribution < -0.4 is 5.32 Å². The molecule has 0 spiro atoms. The Bertz CT molecular complexity index is 583. The summed E-state index contributed by atoms with van der Waals surface area (Å²) in [7, 11) is 1.63.